The van der Waals surface area contributed by atoms with Crippen LogP contribution in [0, 0.1) is 0 Å². The number of aromatic nitrogens is 2. The summed E-state index contributed by atoms with van der Waals surface area (Å²) in [5.41, 5.74) is 2.63. The van der Waals surface area contributed by atoms with Gasteiger partial charge in [0.05, 0.1) is 19.3 Å². The summed E-state index contributed by atoms with van der Waals surface area (Å²) >= 11 is 0. The molecule has 2 amide bonds. The number of carbonyl (C=O) groups excluding carboxylic acids is 1. The van der Waals surface area contributed by atoms with E-state index in [1.54, 1.807) is 19.1 Å². The van der Waals surface area contributed by atoms with Crippen molar-refractivity contribution < 1.29 is 19.4 Å². The summed E-state index contributed by atoms with van der Waals surface area (Å²) in [5, 5.41) is 16.5. The Labute approximate surface area is 151 Å². The minimum absolute atomic E-state index is 0.149. The molecular formula is C18H22N4O4. The number of carbonyl (C=O) groups is 2. The molecular weight excluding hydrogens is 336 g/mol. The summed E-state index contributed by atoms with van der Waals surface area (Å²) in [6.45, 7) is 1.30. The molecule has 8 heteroatoms. The molecule has 26 heavy (non-hydrogen) atoms. The number of rotatable bonds is 5. The zero-order chi connectivity index (χ0) is 18.7. The highest BCUT2D eigenvalue weighted by Crippen LogP contribution is 2.22. The molecule has 1 aromatic heterocycles. The lowest BCUT2D eigenvalue weighted by Crippen LogP contribution is -2.43. The molecule has 0 spiro atoms. The van der Waals surface area contributed by atoms with Crippen LogP contribution in [-0.4, -0.2) is 52.0 Å². The monoisotopic (exact) mass is 358 g/mol. The van der Waals surface area contributed by atoms with Crippen LogP contribution in [0.1, 0.15) is 27.3 Å². The van der Waals surface area contributed by atoms with Gasteiger partial charge in [-0.1, -0.05) is 12.1 Å². The van der Waals surface area contributed by atoms with Gasteiger partial charge in [-0.15, -0.1) is 0 Å². The quantitative estimate of drug-likeness (QED) is 0.843. The Morgan fingerprint density at radius 3 is 2.69 bits per heavy atom. The average Bonchev–Trinajstić information content (AvgIpc) is 2.97. The Bertz CT molecular complexity index is 813. The van der Waals surface area contributed by atoms with Crippen LogP contribution < -0.4 is 10.1 Å². The molecule has 8 nitrogen and oxygen atoms in total. The van der Waals surface area contributed by atoms with Crippen LogP contribution in [0.5, 0.6) is 5.75 Å². The van der Waals surface area contributed by atoms with Gasteiger partial charge in [-0.2, -0.15) is 5.10 Å². The van der Waals surface area contributed by atoms with Gasteiger partial charge >= 0.3 is 12.0 Å². The summed E-state index contributed by atoms with van der Waals surface area (Å²) < 4.78 is 6.50. The summed E-state index contributed by atoms with van der Waals surface area (Å²) in [6.07, 6.45) is 1.27. The second-order valence-electron chi connectivity index (χ2n) is 6.20. The number of aromatic carboxylic acids is 1. The Morgan fingerprint density at radius 1 is 1.31 bits per heavy atom. The summed E-state index contributed by atoms with van der Waals surface area (Å²) in [7, 11) is 3.23. The van der Waals surface area contributed by atoms with Crippen LogP contribution in [0.25, 0.3) is 0 Å². The van der Waals surface area contributed by atoms with Crippen molar-refractivity contribution in [1.82, 2.24) is 20.0 Å². The fraction of sp³-hybridized carbons (Fsp3) is 0.389. The predicted octanol–water partition coefficient (Wildman–Crippen LogP) is 1.44. The number of hydrogen-bond donors (Lipinski definition) is 2. The minimum atomic E-state index is -1.02. The normalized spacial score (nSPS) is 13.2. The number of benzene rings is 1. The fourth-order valence-electron chi connectivity index (χ4n) is 3.16. The van der Waals surface area contributed by atoms with Gasteiger partial charge in [-0.05, 0) is 24.1 Å². The van der Waals surface area contributed by atoms with Crippen LogP contribution >= 0.6 is 0 Å². The van der Waals surface area contributed by atoms with E-state index in [1.165, 1.54) is 4.68 Å². The van der Waals surface area contributed by atoms with Gasteiger partial charge in [-0.25, -0.2) is 9.59 Å². The van der Waals surface area contributed by atoms with Gasteiger partial charge in [0.15, 0.2) is 5.69 Å². The zero-order valence-corrected chi connectivity index (χ0v) is 14.9. The number of carboxylic acids is 1. The van der Waals surface area contributed by atoms with E-state index in [4.69, 9.17) is 4.74 Å². The first-order valence-electron chi connectivity index (χ1n) is 8.43. The zero-order valence-electron chi connectivity index (χ0n) is 14.9. The lowest BCUT2D eigenvalue weighted by molar-refractivity contribution is 0.0682. The van der Waals surface area contributed by atoms with Crippen LogP contribution in [0.4, 0.5) is 4.79 Å². The molecule has 2 N–H and O–H groups in total. The number of nitrogens with zero attached hydrogens (tertiary/aromatic N) is 3. The topological polar surface area (TPSA) is 96.7 Å². The van der Waals surface area contributed by atoms with Crippen molar-refractivity contribution in [2.24, 2.45) is 7.05 Å². The van der Waals surface area contributed by atoms with E-state index in [2.05, 4.69) is 10.4 Å². The highest BCUT2D eigenvalue weighted by molar-refractivity contribution is 5.88. The second-order valence-corrected chi connectivity index (χ2v) is 6.20. The molecule has 0 bridgehead atoms. The van der Waals surface area contributed by atoms with Crippen molar-refractivity contribution in [1.29, 1.82) is 0 Å². The van der Waals surface area contributed by atoms with Gasteiger partial charge in [0.1, 0.15) is 5.75 Å². The Hall–Kier alpha value is -3.03. The number of aryl methyl sites for hydroxylation is 1. The van der Waals surface area contributed by atoms with Crippen molar-refractivity contribution in [2.45, 2.75) is 19.4 Å². The van der Waals surface area contributed by atoms with Gasteiger partial charge in [0.2, 0.25) is 0 Å². The molecule has 1 aliphatic rings. The van der Waals surface area contributed by atoms with Gasteiger partial charge in [0, 0.05) is 32.1 Å². The maximum atomic E-state index is 12.4. The Kier molecular flexibility index (Phi) is 5.11. The molecule has 138 valence electrons. The number of nitrogens with one attached hydrogen (secondary N) is 1. The van der Waals surface area contributed by atoms with Gasteiger partial charge < -0.3 is 20.1 Å². The average molecular weight is 358 g/mol. The first-order valence-corrected chi connectivity index (χ1v) is 8.43. The molecule has 0 atom stereocenters. The van der Waals surface area contributed by atoms with Crippen molar-refractivity contribution in [2.75, 3.05) is 20.2 Å². The predicted molar refractivity (Wildman–Crippen MR) is 94.4 cm³/mol. The van der Waals surface area contributed by atoms with E-state index in [-0.39, 0.29) is 18.3 Å². The lowest BCUT2D eigenvalue weighted by Gasteiger charge is -2.26. The Balaban J connectivity index is 1.56. The molecule has 1 aliphatic heterocycles. The van der Waals surface area contributed by atoms with Crippen molar-refractivity contribution in [3.05, 3.63) is 46.8 Å². The molecule has 0 saturated carbocycles. The largest absolute Gasteiger partial charge is 0.497 e. The highest BCUT2D eigenvalue weighted by atomic mass is 16.5. The molecule has 1 aromatic carbocycles. The summed E-state index contributed by atoms with van der Waals surface area (Å²) in [5.74, 6) is -0.226. The molecule has 2 aromatic rings. The molecule has 2 heterocycles. The van der Waals surface area contributed by atoms with E-state index < -0.39 is 5.97 Å². The molecule has 0 radical (unpaired) electrons. The van der Waals surface area contributed by atoms with Gasteiger partial charge in [-0.3, -0.25) is 4.68 Å². The maximum absolute atomic E-state index is 12.4. The lowest BCUT2D eigenvalue weighted by atomic mass is 10.1. The number of amides is 2. The maximum Gasteiger partial charge on any atom is 0.354 e. The number of methoxy groups -OCH3 is 1. The van der Waals surface area contributed by atoms with E-state index in [1.807, 2.05) is 24.3 Å². The first-order chi connectivity index (χ1) is 12.5. The van der Waals surface area contributed by atoms with Crippen molar-refractivity contribution in [3.8, 4) is 5.75 Å². The molecule has 0 fully saturated rings. The van der Waals surface area contributed by atoms with Crippen LogP contribution in [0.2, 0.25) is 0 Å². The van der Waals surface area contributed by atoms with Crippen LogP contribution in [-0.2, 0) is 26.4 Å². The van der Waals surface area contributed by atoms with E-state index in [9.17, 15) is 14.7 Å². The molecule has 0 saturated heterocycles. The third-order valence-corrected chi connectivity index (χ3v) is 4.53. The number of fused-ring (bicyclic) bond motifs is 1. The number of ether oxygens (including phenoxy) is 1. The standard InChI is InChI=1S/C18H22N4O4/c1-21-16(17(23)24)14-11-22(10-8-15(14)20-21)18(25)19-9-7-12-3-5-13(26-2)6-4-12/h3-6H,7-11H2,1-2H3,(H,19,25)(H,23,24). The first kappa shape index (κ1) is 17.8. The SMILES string of the molecule is COc1ccc(CCNC(=O)N2CCc3nn(C)c(C(=O)O)c3C2)cc1. The summed E-state index contributed by atoms with van der Waals surface area (Å²) in [4.78, 5) is 25.5. The van der Waals surface area contributed by atoms with Gasteiger partial charge in [0.25, 0.3) is 0 Å². The van der Waals surface area contributed by atoms with E-state index in [0.717, 1.165) is 17.0 Å². The number of carboxylic acid groups (broad SMARTS) is 1. The van der Waals surface area contributed by atoms with Crippen LogP contribution in [0.3, 0.4) is 0 Å². The van der Waals surface area contributed by atoms with Crippen molar-refractivity contribution in [3.63, 3.8) is 0 Å². The Morgan fingerprint density at radius 2 is 2.04 bits per heavy atom. The molecule has 0 aliphatic carbocycles. The summed E-state index contributed by atoms with van der Waals surface area (Å²) in [6, 6.07) is 7.52. The third kappa shape index (κ3) is 3.63. The second kappa shape index (κ2) is 7.47. The number of urea groups is 1. The fourth-order valence-corrected chi connectivity index (χ4v) is 3.16. The molecule has 0 unspecified atom stereocenters. The minimum Gasteiger partial charge on any atom is -0.497 e. The van der Waals surface area contributed by atoms with E-state index >= 15 is 0 Å². The smallest absolute Gasteiger partial charge is 0.354 e. The van der Waals surface area contributed by atoms with Crippen molar-refractivity contribution >= 4 is 12.0 Å². The van der Waals surface area contributed by atoms with Crippen LogP contribution in [0.15, 0.2) is 24.3 Å². The van der Waals surface area contributed by atoms with E-state index in [0.29, 0.717) is 31.5 Å². The third-order valence-electron chi connectivity index (χ3n) is 4.53. The highest BCUT2D eigenvalue weighted by Gasteiger charge is 2.29. The molecule has 3 rings (SSSR count). The number of hydrogen-bond acceptors (Lipinski definition) is 4.